The van der Waals surface area contributed by atoms with E-state index in [1.54, 1.807) is 7.11 Å². The molecular formula is C17H29NO. The molecule has 0 amide bonds. The van der Waals surface area contributed by atoms with Crippen LogP contribution in [0.1, 0.15) is 40.5 Å². The van der Waals surface area contributed by atoms with E-state index in [2.05, 4.69) is 50.8 Å². The summed E-state index contributed by atoms with van der Waals surface area (Å²) in [5, 5.41) is 0. The normalized spacial score (nSPS) is 11.1. The Hall–Kier alpha value is -1.18. The van der Waals surface area contributed by atoms with Gasteiger partial charge in [0.2, 0.25) is 0 Å². The van der Waals surface area contributed by atoms with Crippen LogP contribution in [0, 0.1) is 11.8 Å². The van der Waals surface area contributed by atoms with Crippen LogP contribution in [0.25, 0.3) is 0 Å². The third-order valence-electron chi connectivity index (χ3n) is 3.37. The Labute approximate surface area is 118 Å². The summed E-state index contributed by atoms with van der Waals surface area (Å²) in [5.41, 5.74) is 1.28. The van der Waals surface area contributed by atoms with Gasteiger partial charge < -0.3 is 9.64 Å². The van der Waals surface area contributed by atoms with Crippen molar-refractivity contribution in [3.63, 3.8) is 0 Å². The average molecular weight is 263 g/mol. The highest BCUT2D eigenvalue weighted by Gasteiger charge is 2.09. The topological polar surface area (TPSA) is 12.5 Å². The summed E-state index contributed by atoms with van der Waals surface area (Å²) in [4.78, 5) is 2.49. The molecule has 0 atom stereocenters. The van der Waals surface area contributed by atoms with Gasteiger partial charge in [-0.25, -0.2) is 0 Å². The van der Waals surface area contributed by atoms with Gasteiger partial charge in [0.05, 0.1) is 7.11 Å². The SMILES string of the molecule is COc1cccc(N(CCC(C)C)CCC(C)C)c1. The van der Waals surface area contributed by atoms with Crippen LogP contribution in [-0.4, -0.2) is 20.2 Å². The zero-order valence-corrected chi connectivity index (χ0v) is 13.1. The van der Waals surface area contributed by atoms with E-state index in [4.69, 9.17) is 4.74 Å². The van der Waals surface area contributed by atoms with Crippen LogP contribution in [0.4, 0.5) is 5.69 Å². The van der Waals surface area contributed by atoms with Crippen LogP contribution in [0.2, 0.25) is 0 Å². The Morgan fingerprint density at radius 3 is 2.05 bits per heavy atom. The van der Waals surface area contributed by atoms with Gasteiger partial charge in [-0.15, -0.1) is 0 Å². The highest BCUT2D eigenvalue weighted by atomic mass is 16.5. The Bertz CT molecular complexity index is 348. The van der Waals surface area contributed by atoms with E-state index in [0.29, 0.717) is 0 Å². The number of anilines is 1. The van der Waals surface area contributed by atoms with Crippen molar-refractivity contribution in [3.8, 4) is 5.75 Å². The van der Waals surface area contributed by atoms with Gasteiger partial charge in [0.15, 0.2) is 0 Å². The summed E-state index contributed by atoms with van der Waals surface area (Å²) in [6.45, 7) is 11.4. The summed E-state index contributed by atoms with van der Waals surface area (Å²) in [7, 11) is 1.73. The summed E-state index contributed by atoms with van der Waals surface area (Å²) in [6.07, 6.45) is 2.46. The van der Waals surface area contributed by atoms with Crippen molar-refractivity contribution in [2.24, 2.45) is 11.8 Å². The van der Waals surface area contributed by atoms with Crippen LogP contribution >= 0.6 is 0 Å². The second kappa shape index (κ2) is 8.08. The Morgan fingerprint density at radius 1 is 1.00 bits per heavy atom. The maximum absolute atomic E-state index is 5.33. The Balaban J connectivity index is 2.74. The molecule has 0 bridgehead atoms. The molecule has 2 nitrogen and oxygen atoms in total. The number of rotatable bonds is 8. The van der Waals surface area contributed by atoms with E-state index in [1.165, 1.54) is 18.5 Å². The molecule has 1 aromatic carbocycles. The minimum absolute atomic E-state index is 0.743. The fourth-order valence-electron chi connectivity index (χ4n) is 2.01. The van der Waals surface area contributed by atoms with Gasteiger partial charge in [0.25, 0.3) is 0 Å². The maximum Gasteiger partial charge on any atom is 0.120 e. The van der Waals surface area contributed by atoms with Crippen molar-refractivity contribution < 1.29 is 4.74 Å². The summed E-state index contributed by atoms with van der Waals surface area (Å²) in [6, 6.07) is 8.41. The van der Waals surface area contributed by atoms with E-state index in [0.717, 1.165) is 30.7 Å². The van der Waals surface area contributed by atoms with Crippen LogP contribution in [-0.2, 0) is 0 Å². The molecule has 0 aliphatic rings. The van der Waals surface area contributed by atoms with Gasteiger partial charge in [0, 0.05) is 24.8 Å². The summed E-state index contributed by atoms with van der Waals surface area (Å²) < 4.78 is 5.33. The molecule has 0 saturated carbocycles. The minimum atomic E-state index is 0.743. The Morgan fingerprint density at radius 2 is 1.58 bits per heavy atom. The van der Waals surface area contributed by atoms with Crippen molar-refractivity contribution in [2.75, 3.05) is 25.1 Å². The fraction of sp³-hybridized carbons (Fsp3) is 0.647. The number of ether oxygens (including phenoxy) is 1. The van der Waals surface area contributed by atoms with Crippen LogP contribution in [0.15, 0.2) is 24.3 Å². The lowest BCUT2D eigenvalue weighted by molar-refractivity contribution is 0.414. The molecule has 0 radical (unpaired) electrons. The quantitative estimate of drug-likeness (QED) is 0.680. The molecule has 0 saturated heterocycles. The van der Waals surface area contributed by atoms with E-state index in [9.17, 15) is 0 Å². The molecule has 2 heteroatoms. The fourth-order valence-corrected chi connectivity index (χ4v) is 2.01. The predicted octanol–water partition coefficient (Wildman–Crippen LogP) is 4.59. The van der Waals surface area contributed by atoms with Crippen molar-refractivity contribution in [2.45, 2.75) is 40.5 Å². The number of hydrogen-bond donors (Lipinski definition) is 0. The maximum atomic E-state index is 5.33. The molecule has 1 rings (SSSR count). The van der Waals surface area contributed by atoms with Crippen molar-refractivity contribution in [1.29, 1.82) is 0 Å². The number of hydrogen-bond acceptors (Lipinski definition) is 2. The second-order valence-corrected chi connectivity index (χ2v) is 6.05. The first-order valence-electron chi connectivity index (χ1n) is 7.42. The molecule has 0 N–H and O–H groups in total. The predicted molar refractivity (Wildman–Crippen MR) is 84.1 cm³/mol. The minimum Gasteiger partial charge on any atom is -0.497 e. The zero-order chi connectivity index (χ0) is 14.3. The highest BCUT2D eigenvalue weighted by molar-refractivity contribution is 5.50. The van der Waals surface area contributed by atoms with E-state index in [1.807, 2.05) is 6.07 Å². The molecule has 0 fully saturated rings. The number of nitrogens with zero attached hydrogens (tertiary/aromatic N) is 1. The van der Waals surface area contributed by atoms with Gasteiger partial charge in [-0.2, -0.15) is 0 Å². The first-order valence-corrected chi connectivity index (χ1v) is 7.42. The van der Waals surface area contributed by atoms with Gasteiger partial charge in [0.1, 0.15) is 5.75 Å². The third kappa shape index (κ3) is 6.00. The van der Waals surface area contributed by atoms with Crippen LogP contribution in [0.5, 0.6) is 5.75 Å². The van der Waals surface area contributed by atoms with Crippen LogP contribution in [0.3, 0.4) is 0 Å². The largest absolute Gasteiger partial charge is 0.497 e. The Kier molecular flexibility index (Phi) is 6.75. The molecule has 1 aromatic rings. The lowest BCUT2D eigenvalue weighted by Gasteiger charge is -2.27. The van der Waals surface area contributed by atoms with Gasteiger partial charge >= 0.3 is 0 Å². The van der Waals surface area contributed by atoms with Crippen molar-refractivity contribution >= 4 is 5.69 Å². The molecule has 0 aromatic heterocycles. The first kappa shape index (κ1) is 15.9. The third-order valence-corrected chi connectivity index (χ3v) is 3.37. The van der Waals surface area contributed by atoms with Crippen molar-refractivity contribution in [1.82, 2.24) is 0 Å². The van der Waals surface area contributed by atoms with Crippen molar-refractivity contribution in [3.05, 3.63) is 24.3 Å². The molecule has 0 aliphatic heterocycles. The lowest BCUT2D eigenvalue weighted by atomic mass is 10.1. The number of methoxy groups -OCH3 is 1. The highest BCUT2D eigenvalue weighted by Crippen LogP contribution is 2.22. The average Bonchev–Trinajstić information content (AvgIpc) is 2.38. The molecule has 0 aliphatic carbocycles. The molecule has 0 spiro atoms. The molecular weight excluding hydrogens is 234 g/mol. The lowest BCUT2D eigenvalue weighted by Crippen LogP contribution is -2.27. The van der Waals surface area contributed by atoms with E-state index < -0.39 is 0 Å². The summed E-state index contributed by atoms with van der Waals surface area (Å²) >= 11 is 0. The molecule has 19 heavy (non-hydrogen) atoms. The van der Waals surface area contributed by atoms with E-state index >= 15 is 0 Å². The monoisotopic (exact) mass is 263 g/mol. The molecule has 108 valence electrons. The molecule has 0 unspecified atom stereocenters. The van der Waals surface area contributed by atoms with Gasteiger partial charge in [-0.1, -0.05) is 33.8 Å². The van der Waals surface area contributed by atoms with Gasteiger partial charge in [-0.05, 0) is 36.8 Å². The van der Waals surface area contributed by atoms with E-state index in [-0.39, 0.29) is 0 Å². The number of benzene rings is 1. The smallest absolute Gasteiger partial charge is 0.120 e. The standard InChI is InChI=1S/C17H29NO/c1-14(2)9-11-18(12-10-15(3)4)16-7-6-8-17(13-16)19-5/h6-8,13-15H,9-12H2,1-5H3. The van der Waals surface area contributed by atoms with Crippen LogP contribution < -0.4 is 9.64 Å². The zero-order valence-electron chi connectivity index (χ0n) is 13.1. The first-order chi connectivity index (χ1) is 9.02. The molecule has 0 heterocycles. The van der Waals surface area contributed by atoms with Gasteiger partial charge in [-0.3, -0.25) is 0 Å². The second-order valence-electron chi connectivity index (χ2n) is 6.05. The summed E-state index contributed by atoms with van der Waals surface area (Å²) in [5.74, 6) is 2.43.